The Hall–Kier alpha value is -1.54. The van der Waals surface area contributed by atoms with Gasteiger partial charge in [-0.3, -0.25) is 4.79 Å². The number of Topliss-reactive ketones (excluding diaryl/α,β-unsaturated/α-hetero) is 1. The van der Waals surface area contributed by atoms with Crippen LogP contribution in [-0.2, 0) is 0 Å². The first kappa shape index (κ1) is 13.9. The lowest BCUT2D eigenvalue weighted by molar-refractivity contribution is 0.0972. The minimum atomic E-state index is 0.120. The van der Waals surface area contributed by atoms with E-state index in [4.69, 9.17) is 5.73 Å². The number of carbonyl (C=O) groups is 1. The summed E-state index contributed by atoms with van der Waals surface area (Å²) in [6, 6.07) is 2.15. The average molecular weight is 277 g/mol. The number of nitriles is 1. The van der Waals surface area contributed by atoms with Gasteiger partial charge in [0.05, 0.1) is 10.6 Å². The SMILES string of the molecule is CCCCN(C)c1sc(C(=O)C2CC2)c(N)c1C#N. The van der Waals surface area contributed by atoms with Crippen LogP contribution in [-0.4, -0.2) is 19.4 Å². The first-order valence-corrected chi connectivity index (χ1v) is 7.49. The number of ketones is 1. The predicted molar refractivity (Wildman–Crippen MR) is 78.7 cm³/mol. The molecule has 2 N–H and O–H groups in total. The highest BCUT2D eigenvalue weighted by atomic mass is 32.1. The average Bonchev–Trinajstić information content (AvgIpc) is 3.19. The molecule has 0 bridgehead atoms. The lowest BCUT2D eigenvalue weighted by atomic mass is 10.1. The van der Waals surface area contributed by atoms with E-state index in [1.165, 1.54) is 11.3 Å². The highest BCUT2D eigenvalue weighted by Gasteiger charge is 2.34. The molecule has 1 heterocycles. The Balaban J connectivity index is 2.30. The molecule has 102 valence electrons. The maximum Gasteiger partial charge on any atom is 0.178 e. The number of rotatable bonds is 6. The minimum Gasteiger partial charge on any atom is -0.396 e. The van der Waals surface area contributed by atoms with Gasteiger partial charge < -0.3 is 10.6 Å². The molecule has 5 heteroatoms. The summed E-state index contributed by atoms with van der Waals surface area (Å²) in [4.78, 5) is 14.8. The molecule has 2 rings (SSSR count). The summed E-state index contributed by atoms with van der Waals surface area (Å²) in [6.45, 7) is 3.01. The first-order valence-electron chi connectivity index (χ1n) is 6.67. The van der Waals surface area contributed by atoms with E-state index in [0.29, 0.717) is 16.1 Å². The van der Waals surface area contributed by atoms with Crippen LogP contribution in [0.4, 0.5) is 10.7 Å². The lowest BCUT2D eigenvalue weighted by Gasteiger charge is -2.16. The molecule has 0 saturated heterocycles. The second kappa shape index (κ2) is 5.62. The van der Waals surface area contributed by atoms with Gasteiger partial charge in [0, 0.05) is 19.5 Å². The highest BCUT2D eigenvalue weighted by molar-refractivity contribution is 7.19. The fourth-order valence-corrected chi connectivity index (χ4v) is 3.20. The number of nitrogens with zero attached hydrogens (tertiary/aromatic N) is 2. The van der Waals surface area contributed by atoms with Gasteiger partial charge in [-0.15, -0.1) is 11.3 Å². The van der Waals surface area contributed by atoms with Gasteiger partial charge in [0.15, 0.2) is 5.78 Å². The van der Waals surface area contributed by atoms with Gasteiger partial charge in [0.1, 0.15) is 16.6 Å². The van der Waals surface area contributed by atoms with Gasteiger partial charge in [0.2, 0.25) is 0 Å². The molecule has 1 aromatic rings. The van der Waals surface area contributed by atoms with E-state index in [9.17, 15) is 10.1 Å². The van der Waals surface area contributed by atoms with E-state index in [1.54, 1.807) is 0 Å². The standard InChI is InChI=1S/C14H19N3OS/c1-3-4-7-17(2)14-10(8-15)11(16)13(19-14)12(18)9-5-6-9/h9H,3-7,16H2,1-2H3. The zero-order valence-corrected chi connectivity index (χ0v) is 12.2. The first-order chi connectivity index (χ1) is 9.10. The molecule has 0 amide bonds. The molecule has 1 aliphatic carbocycles. The Morgan fingerprint density at radius 1 is 1.58 bits per heavy atom. The van der Waals surface area contributed by atoms with Gasteiger partial charge >= 0.3 is 0 Å². The Bertz CT molecular complexity index is 526. The predicted octanol–water partition coefficient (Wildman–Crippen LogP) is 3.03. The van der Waals surface area contributed by atoms with Crippen LogP contribution < -0.4 is 10.6 Å². The third-order valence-electron chi connectivity index (χ3n) is 3.40. The molecule has 0 aromatic carbocycles. The van der Waals surface area contributed by atoms with E-state index in [2.05, 4.69) is 13.0 Å². The molecule has 1 aliphatic rings. The third-order valence-corrected chi connectivity index (χ3v) is 4.74. The summed E-state index contributed by atoms with van der Waals surface area (Å²) in [5.41, 5.74) is 6.83. The van der Waals surface area contributed by atoms with E-state index in [-0.39, 0.29) is 11.7 Å². The van der Waals surface area contributed by atoms with Gasteiger partial charge in [0.25, 0.3) is 0 Å². The number of nitrogen functional groups attached to an aromatic ring is 1. The maximum atomic E-state index is 12.1. The highest BCUT2D eigenvalue weighted by Crippen LogP contribution is 2.42. The molecule has 0 atom stereocenters. The topological polar surface area (TPSA) is 70.1 Å². The zero-order chi connectivity index (χ0) is 14.0. The molecule has 0 spiro atoms. The zero-order valence-electron chi connectivity index (χ0n) is 11.4. The number of nitrogens with two attached hydrogens (primary N) is 1. The molecular formula is C14H19N3OS. The van der Waals surface area contributed by atoms with Crippen LogP contribution in [0.1, 0.15) is 47.8 Å². The van der Waals surface area contributed by atoms with Crippen molar-refractivity contribution in [3.05, 3.63) is 10.4 Å². The monoisotopic (exact) mass is 277 g/mol. The van der Waals surface area contributed by atoms with Crippen LogP contribution in [0, 0.1) is 17.2 Å². The smallest absolute Gasteiger partial charge is 0.178 e. The largest absolute Gasteiger partial charge is 0.396 e. The van der Waals surface area contributed by atoms with Crippen LogP contribution in [0.25, 0.3) is 0 Å². The molecule has 0 radical (unpaired) electrons. The normalized spacial score (nSPS) is 14.2. The van der Waals surface area contributed by atoms with Crippen molar-refractivity contribution in [2.75, 3.05) is 24.2 Å². The minimum absolute atomic E-state index is 0.120. The molecular weight excluding hydrogens is 258 g/mol. The molecule has 0 unspecified atom stereocenters. The molecule has 1 fully saturated rings. The Kier molecular flexibility index (Phi) is 4.11. The summed E-state index contributed by atoms with van der Waals surface area (Å²) in [7, 11) is 1.95. The van der Waals surface area contributed by atoms with Crippen molar-refractivity contribution in [1.82, 2.24) is 0 Å². The van der Waals surface area contributed by atoms with Crippen molar-refractivity contribution in [3.8, 4) is 6.07 Å². The summed E-state index contributed by atoms with van der Waals surface area (Å²) < 4.78 is 0. The van der Waals surface area contributed by atoms with Crippen molar-refractivity contribution in [3.63, 3.8) is 0 Å². The molecule has 1 saturated carbocycles. The van der Waals surface area contributed by atoms with E-state index in [1.807, 2.05) is 11.9 Å². The van der Waals surface area contributed by atoms with Gasteiger partial charge in [-0.05, 0) is 19.3 Å². The number of unbranched alkanes of at least 4 members (excludes halogenated alkanes) is 1. The van der Waals surface area contributed by atoms with Crippen LogP contribution in [0.3, 0.4) is 0 Å². The van der Waals surface area contributed by atoms with Crippen LogP contribution in [0.2, 0.25) is 0 Å². The van der Waals surface area contributed by atoms with Crippen LogP contribution in [0.15, 0.2) is 0 Å². The van der Waals surface area contributed by atoms with Crippen molar-refractivity contribution < 1.29 is 4.79 Å². The van der Waals surface area contributed by atoms with Crippen LogP contribution >= 0.6 is 11.3 Å². The van der Waals surface area contributed by atoms with Gasteiger partial charge in [-0.25, -0.2) is 0 Å². The number of thiophene rings is 1. The number of hydrogen-bond donors (Lipinski definition) is 1. The van der Waals surface area contributed by atoms with Gasteiger partial charge in [-0.1, -0.05) is 13.3 Å². The quantitative estimate of drug-likeness (QED) is 0.811. The van der Waals surface area contributed by atoms with Crippen molar-refractivity contribution in [2.45, 2.75) is 32.6 Å². The maximum absolute atomic E-state index is 12.1. The summed E-state index contributed by atoms with van der Waals surface area (Å²) in [5.74, 6) is 0.260. The Morgan fingerprint density at radius 3 is 2.79 bits per heavy atom. The Labute approximate surface area is 117 Å². The molecule has 0 aliphatic heterocycles. The second-order valence-corrected chi connectivity index (χ2v) is 6.05. The van der Waals surface area contributed by atoms with Crippen molar-refractivity contribution in [2.24, 2.45) is 5.92 Å². The fraction of sp³-hybridized carbons (Fsp3) is 0.571. The van der Waals surface area contributed by atoms with Crippen molar-refractivity contribution >= 4 is 27.8 Å². The summed E-state index contributed by atoms with van der Waals surface area (Å²) in [5, 5.41) is 10.1. The van der Waals surface area contributed by atoms with E-state index in [0.717, 1.165) is 37.2 Å². The molecule has 1 aromatic heterocycles. The summed E-state index contributed by atoms with van der Waals surface area (Å²) in [6.07, 6.45) is 4.07. The lowest BCUT2D eigenvalue weighted by Crippen LogP contribution is -2.18. The number of anilines is 2. The summed E-state index contributed by atoms with van der Waals surface area (Å²) >= 11 is 1.37. The molecule has 19 heavy (non-hydrogen) atoms. The van der Waals surface area contributed by atoms with E-state index >= 15 is 0 Å². The van der Waals surface area contributed by atoms with Crippen molar-refractivity contribution in [1.29, 1.82) is 5.26 Å². The van der Waals surface area contributed by atoms with E-state index < -0.39 is 0 Å². The fourth-order valence-electron chi connectivity index (χ4n) is 2.02. The van der Waals surface area contributed by atoms with Gasteiger partial charge in [-0.2, -0.15) is 5.26 Å². The van der Waals surface area contributed by atoms with Crippen LogP contribution in [0.5, 0.6) is 0 Å². The molecule has 4 nitrogen and oxygen atoms in total. The number of carbonyl (C=O) groups excluding carboxylic acids is 1. The number of hydrogen-bond acceptors (Lipinski definition) is 5. The third kappa shape index (κ3) is 2.74. The Morgan fingerprint density at radius 2 is 2.26 bits per heavy atom. The second-order valence-electron chi connectivity index (χ2n) is 5.05.